The number of hydrogen-bond donors (Lipinski definition) is 5. The van der Waals surface area contributed by atoms with E-state index >= 15 is 0 Å². The normalized spacial score (nSPS) is 27.3. The second kappa shape index (κ2) is 19.3. The van der Waals surface area contributed by atoms with Gasteiger partial charge in [0.05, 0.1) is 30.3 Å². The maximum atomic E-state index is 12.4. The molecule has 0 aromatic rings. The first-order chi connectivity index (χ1) is 20.9. The quantitative estimate of drug-likeness (QED) is 0.0819. The van der Waals surface area contributed by atoms with Crippen LogP contribution in [0.5, 0.6) is 0 Å². The average Bonchev–Trinajstić information content (AvgIpc) is 2.97. The summed E-state index contributed by atoms with van der Waals surface area (Å²) < 4.78 is 11.2. The summed E-state index contributed by atoms with van der Waals surface area (Å²) in [5.74, 6) is -2.43. The lowest BCUT2D eigenvalue weighted by atomic mass is 9.81. The lowest BCUT2D eigenvalue weighted by Gasteiger charge is -2.36. The minimum atomic E-state index is -0.892. The number of hydrogen-bond acceptors (Lipinski definition) is 8. The zero-order valence-corrected chi connectivity index (χ0v) is 29.1. The number of allylic oxidation sites excluding steroid dienone is 3. The Labute approximate surface area is 271 Å². The van der Waals surface area contributed by atoms with Crippen molar-refractivity contribution in [3.63, 3.8) is 0 Å². The van der Waals surface area contributed by atoms with Crippen LogP contribution in [0.1, 0.15) is 82.1 Å². The largest absolute Gasteiger partial charge is 0.462 e. The maximum Gasteiger partial charge on any atom is 0.407 e. The second-order valence-electron chi connectivity index (χ2n) is 13.7. The van der Waals surface area contributed by atoms with Gasteiger partial charge in [-0.3, -0.25) is 4.79 Å². The molecule has 0 aromatic carbocycles. The Morgan fingerprint density at radius 3 is 2.18 bits per heavy atom. The fraction of sp³-hybridized carbons (Fsp3) is 0.722. The van der Waals surface area contributed by atoms with Crippen LogP contribution in [0, 0.1) is 41.4 Å². The molecule has 0 spiro atoms. The van der Waals surface area contributed by atoms with Crippen LogP contribution in [-0.2, 0) is 14.3 Å². The SMILES string of the molecule is C=C/C=C\[C@H](C)[C@H](OC(=O)NC(C)C)[C@@H](C)[C@H](O)[C@@H](C)C/C(C)=C\[C@H](C)[C@@H](O)C(C)/C=C\[C@@H](O)CC1OC(=O)[C@H](C)[C@@H](O)[C@H]1C. The summed E-state index contributed by atoms with van der Waals surface area (Å²) in [5.41, 5.74) is 1.02. The molecule has 1 fully saturated rings. The summed E-state index contributed by atoms with van der Waals surface area (Å²) in [6.07, 6.45) is 6.69. The summed E-state index contributed by atoms with van der Waals surface area (Å²) in [5, 5.41) is 45.9. The molecule has 0 aromatic heterocycles. The molecule has 0 saturated carbocycles. The van der Waals surface area contributed by atoms with E-state index in [0.29, 0.717) is 6.42 Å². The van der Waals surface area contributed by atoms with Gasteiger partial charge < -0.3 is 35.2 Å². The Morgan fingerprint density at radius 2 is 1.60 bits per heavy atom. The molecule has 2 unspecified atom stereocenters. The molecule has 0 aliphatic carbocycles. The van der Waals surface area contributed by atoms with Gasteiger partial charge >= 0.3 is 12.1 Å². The van der Waals surface area contributed by atoms with Gasteiger partial charge in [0.2, 0.25) is 0 Å². The van der Waals surface area contributed by atoms with Gasteiger partial charge in [0.15, 0.2) is 0 Å². The molecule has 45 heavy (non-hydrogen) atoms. The van der Waals surface area contributed by atoms with Crippen molar-refractivity contribution in [1.82, 2.24) is 5.32 Å². The van der Waals surface area contributed by atoms with E-state index in [-0.39, 0.29) is 48.0 Å². The molecule has 9 nitrogen and oxygen atoms in total. The highest BCUT2D eigenvalue weighted by Crippen LogP contribution is 2.30. The van der Waals surface area contributed by atoms with Crippen molar-refractivity contribution in [2.24, 2.45) is 41.4 Å². The zero-order chi connectivity index (χ0) is 34.6. The van der Waals surface area contributed by atoms with E-state index in [0.717, 1.165) is 5.57 Å². The zero-order valence-electron chi connectivity index (χ0n) is 29.1. The van der Waals surface area contributed by atoms with Crippen molar-refractivity contribution in [3.05, 3.63) is 48.6 Å². The summed E-state index contributed by atoms with van der Waals surface area (Å²) in [4.78, 5) is 24.4. The lowest BCUT2D eigenvalue weighted by Crippen LogP contribution is -2.47. The summed E-state index contributed by atoms with van der Waals surface area (Å²) >= 11 is 0. The molecule has 0 radical (unpaired) electrons. The molecule has 5 N–H and O–H groups in total. The van der Waals surface area contributed by atoms with E-state index in [1.165, 1.54) is 0 Å². The van der Waals surface area contributed by atoms with Crippen molar-refractivity contribution in [3.8, 4) is 0 Å². The van der Waals surface area contributed by atoms with Crippen LogP contribution in [0.3, 0.4) is 0 Å². The van der Waals surface area contributed by atoms with E-state index in [1.807, 2.05) is 67.5 Å². The Kier molecular flexibility index (Phi) is 17.4. The van der Waals surface area contributed by atoms with Crippen LogP contribution in [0.15, 0.2) is 48.6 Å². The van der Waals surface area contributed by atoms with Crippen LogP contribution in [0.4, 0.5) is 4.79 Å². The van der Waals surface area contributed by atoms with Crippen LogP contribution in [-0.4, -0.2) is 75.2 Å². The molecule has 0 bridgehead atoms. The van der Waals surface area contributed by atoms with E-state index in [1.54, 1.807) is 38.2 Å². The third-order valence-electron chi connectivity index (χ3n) is 9.01. The number of carbonyl (C=O) groups is 2. The van der Waals surface area contributed by atoms with Gasteiger partial charge in [-0.05, 0) is 40.0 Å². The molecular weight excluding hydrogens is 574 g/mol. The molecule has 1 rings (SSSR count). The first kappa shape index (κ1) is 40.6. The third kappa shape index (κ3) is 13.1. The Balaban J connectivity index is 2.81. The number of esters is 1. The van der Waals surface area contributed by atoms with E-state index in [2.05, 4.69) is 11.9 Å². The average molecular weight is 636 g/mol. The fourth-order valence-corrected chi connectivity index (χ4v) is 6.06. The number of ether oxygens (including phenoxy) is 2. The van der Waals surface area contributed by atoms with Crippen LogP contribution in [0.25, 0.3) is 0 Å². The number of cyclic esters (lactones) is 1. The van der Waals surface area contributed by atoms with E-state index in [9.17, 15) is 30.0 Å². The van der Waals surface area contributed by atoms with Gasteiger partial charge in [0.25, 0.3) is 0 Å². The van der Waals surface area contributed by atoms with Crippen molar-refractivity contribution in [2.45, 2.75) is 125 Å². The molecule has 1 aliphatic rings. The van der Waals surface area contributed by atoms with E-state index in [4.69, 9.17) is 9.47 Å². The van der Waals surface area contributed by atoms with Crippen LogP contribution >= 0.6 is 0 Å². The molecule has 13 atom stereocenters. The molecule has 258 valence electrons. The number of carbonyl (C=O) groups excluding carboxylic acids is 2. The number of aliphatic hydroxyl groups is 4. The maximum absolute atomic E-state index is 12.4. The minimum Gasteiger partial charge on any atom is -0.462 e. The number of rotatable bonds is 17. The number of alkyl carbamates (subject to hydrolysis) is 1. The molecule has 1 heterocycles. The first-order valence-electron chi connectivity index (χ1n) is 16.5. The first-order valence-corrected chi connectivity index (χ1v) is 16.5. The molecular formula is C36H61NO8. The van der Waals surface area contributed by atoms with Gasteiger partial charge in [-0.1, -0.05) is 90.2 Å². The topological polar surface area (TPSA) is 146 Å². The fourth-order valence-electron chi connectivity index (χ4n) is 6.06. The minimum absolute atomic E-state index is 0.0735. The summed E-state index contributed by atoms with van der Waals surface area (Å²) in [6, 6.07) is -0.0735. The predicted molar refractivity (Wildman–Crippen MR) is 178 cm³/mol. The molecule has 1 amide bonds. The molecule has 9 heteroatoms. The number of aliphatic hydroxyl groups excluding tert-OH is 4. The van der Waals surface area contributed by atoms with E-state index < -0.39 is 54.6 Å². The van der Waals surface area contributed by atoms with Gasteiger partial charge in [0, 0.05) is 42.1 Å². The number of nitrogens with one attached hydrogen (secondary N) is 1. The Bertz CT molecular complexity index is 1020. The monoisotopic (exact) mass is 635 g/mol. The Morgan fingerprint density at radius 1 is 0.978 bits per heavy atom. The van der Waals surface area contributed by atoms with Gasteiger partial charge in [-0.15, -0.1) is 0 Å². The standard InChI is InChI=1S/C36H61NO8/c1-12-13-14-23(6)34(45-36(43)37-20(2)3)27(10)32(40)25(8)18-21(4)17-24(7)31(39)22(5)15-16-29(38)19-30-26(9)33(41)28(11)35(42)44-30/h12-17,20,22-34,38-41H,1,18-19H2,2-11H3,(H,37,43)/b14-13-,16-15-,21-17-/t22?,23-,24-,25-,26-,27-,28+,29+,30?,31-,32+,33-,34-/m0/s1. The molecule has 1 saturated heterocycles. The predicted octanol–water partition coefficient (Wildman–Crippen LogP) is 5.34. The van der Waals surface area contributed by atoms with Crippen LogP contribution in [0.2, 0.25) is 0 Å². The van der Waals surface area contributed by atoms with Gasteiger partial charge in [-0.25, -0.2) is 4.79 Å². The van der Waals surface area contributed by atoms with Crippen molar-refractivity contribution >= 4 is 12.1 Å². The summed E-state index contributed by atoms with van der Waals surface area (Å²) in [6.45, 7) is 22.4. The van der Waals surface area contributed by atoms with Crippen molar-refractivity contribution in [1.29, 1.82) is 0 Å². The third-order valence-corrected chi connectivity index (χ3v) is 9.01. The highest BCUT2D eigenvalue weighted by molar-refractivity contribution is 5.73. The highest BCUT2D eigenvalue weighted by Gasteiger charge is 2.41. The lowest BCUT2D eigenvalue weighted by molar-refractivity contribution is -0.179. The van der Waals surface area contributed by atoms with Gasteiger partial charge in [0.1, 0.15) is 12.2 Å². The van der Waals surface area contributed by atoms with Crippen molar-refractivity contribution < 1.29 is 39.5 Å². The van der Waals surface area contributed by atoms with Crippen molar-refractivity contribution in [2.75, 3.05) is 0 Å². The highest BCUT2D eigenvalue weighted by atomic mass is 16.6. The molecule has 1 aliphatic heterocycles. The second-order valence-corrected chi connectivity index (χ2v) is 13.7. The summed E-state index contributed by atoms with van der Waals surface area (Å²) in [7, 11) is 0. The van der Waals surface area contributed by atoms with Gasteiger partial charge in [-0.2, -0.15) is 0 Å². The number of amides is 1. The Hall–Kier alpha value is -2.46. The van der Waals surface area contributed by atoms with Crippen LogP contribution < -0.4 is 5.32 Å². The smallest absolute Gasteiger partial charge is 0.407 e.